The molecule has 0 amide bonds. The number of rotatable bonds is 5. The van der Waals surface area contributed by atoms with Crippen molar-refractivity contribution in [2.75, 3.05) is 39.1 Å². The standard InChI is InChI=1S/C23H25NO2S/c1-27(25)21-8-6-18(7-9-21)16-20-17-19(22-4-2-3-5-23(20)22)10-11-24-12-14-26-15-13-24/h2-9,16-17H,10-15H2,1H3/b20-16+. The molecule has 27 heavy (non-hydrogen) atoms. The summed E-state index contributed by atoms with van der Waals surface area (Å²) in [6.07, 6.45) is 7.33. The summed E-state index contributed by atoms with van der Waals surface area (Å²) in [6, 6.07) is 16.7. The molecule has 0 saturated carbocycles. The van der Waals surface area contributed by atoms with Gasteiger partial charge in [0, 0.05) is 19.6 Å². The van der Waals surface area contributed by atoms with Crippen LogP contribution in [0.2, 0.25) is 0 Å². The number of nitrogens with zero attached hydrogens (tertiary/aromatic N) is 1. The number of ether oxygens (including phenoxy) is 1. The van der Waals surface area contributed by atoms with Gasteiger partial charge in [0.15, 0.2) is 4.90 Å². The Kier molecular flexibility index (Phi) is 5.79. The van der Waals surface area contributed by atoms with E-state index in [1.807, 2.05) is 24.3 Å². The van der Waals surface area contributed by atoms with Gasteiger partial charge in [0.2, 0.25) is 0 Å². The lowest BCUT2D eigenvalue weighted by Crippen LogP contribution is -2.36. The molecular formula is C23H25NO2S. The number of morpholine rings is 1. The highest BCUT2D eigenvalue weighted by Gasteiger charge is 2.19. The molecule has 0 N–H and O–H groups in total. The van der Waals surface area contributed by atoms with E-state index in [9.17, 15) is 4.55 Å². The molecule has 4 heteroatoms. The van der Waals surface area contributed by atoms with Crippen LogP contribution < -0.4 is 0 Å². The van der Waals surface area contributed by atoms with Gasteiger partial charge in [-0.1, -0.05) is 30.3 Å². The van der Waals surface area contributed by atoms with Crippen LogP contribution in [-0.2, 0) is 15.9 Å². The molecule has 4 rings (SSSR count). The van der Waals surface area contributed by atoms with Crippen LogP contribution in [0.15, 0.2) is 59.5 Å². The zero-order valence-electron chi connectivity index (χ0n) is 15.7. The number of hydrogen-bond donors (Lipinski definition) is 0. The van der Waals surface area contributed by atoms with Crippen molar-refractivity contribution in [2.45, 2.75) is 11.3 Å². The first-order valence-corrected chi connectivity index (χ1v) is 11.0. The SMILES string of the molecule is C[S+]([O-])c1ccc(/C=C2\C=C(CCN3CCOCC3)c3ccccc32)cc1. The van der Waals surface area contributed by atoms with Gasteiger partial charge in [0.05, 0.1) is 13.2 Å². The summed E-state index contributed by atoms with van der Waals surface area (Å²) < 4.78 is 17.0. The van der Waals surface area contributed by atoms with E-state index in [-0.39, 0.29) is 0 Å². The second-order valence-electron chi connectivity index (χ2n) is 7.04. The van der Waals surface area contributed by atoms with Gasteiger partial charge in [-0.3, -0.25) is 4.90 Å². The molecule has 1 heterocycles. The van der Waals surface area contributed by atoms with E-state index >= 15 is 0 Å². The summed E-state index contributed by atoms with van der Waals surface area (Å²) in [7, 11) is 0. The third-order valence-corrected chi connectivity index (χ3v) is 6.19. The molecule has 1 saturated heterocycles. The molecule has 0 aromatic heterocycles. The largest absolute Gasteiger partial charge is 0.612 e. The second-order valence-corrected chi connectivity index (χ2v) is 8.42. The van der Waals surface area contributed by atoms with Crippen LogP contribution in [-0.4, -0.2) is 48.6 Å². The Balaban J connectivity index is 1.55. The van der Waals surface area contributed by atoms with E-state index in [1.54, 1.807) is 6.26 Å². The fraction of sp³-hybridized carbons (Fsp3) is 0.304. The highest BCUT2D eigenvalue weighted by Crippen LogP contribution is 2.38. The highest BCUT2D eigenvalue weighted by atomic mass is 32.2. The van der Waals surface area contributed by atoms with Crippen LogP contribution in [0.1, 0.15) is 23.1 Å². The molecule has 3 nitrogen and oxygen atoms in total. The zero-order valence-corrected chi connectivity index (χ0v) is 16.5. The summed E-state index contributed by atoms with van der Waals surface area (Å²) in [5.41, 5.74) is 6.46. The van der Waals surface area contributed by atoms with Crippen molar-refractivity contribution < 1.29 is 9.29 Å². The van der Waals surface area contributed by atoms with Gasteiger partial charge in [-0.05, 0) is 75.8 Å². The van der Waals surface area contributed by atoms with Crippen molar-refractivity contribution in [3.05, 3.63) is 71.3 Å². The molecule has 1 atom stereocenters. The normalized spacial score (nSPS) is 19.8. The Labute approximate surface area is 164 Å². The highest BCUT2D eigenvalue weighted by molar-refractivity contribution is 7.90. The van der Waals surface area contributed by atoms with Gasteiger partial charge >= 0.3 is 0 Å². The second kappa shape index (κ2) is 8.44. The molecule has 2 aliphatic rings. The Morgan fingerprint density at radius 1 is 1.04 bits per heavy atom. The van der Waals surface area contributed by atoms with Gasteiger partial charge < -0.3 is 9.29 Å². The number of hydrogen-bond acceptors (Lipinski definition) is 3. The first-order chi connectivity index (χ1) is 13.2. The van der Waals surface area contributed by atoms with Crippen molar-refractivity contribution in [1.29, 1.82) is 0 Å². The van der Waals surface area contributed by atoms with Gasteiger partial charge in [-0.25, -0.2) is 0 Å². The van der Waals surface area contributed by atoms with Gasteiger partial charge in [-0.15, -0.1) is 0 Å². The Hall–Kier alpha value is -1.85. The van der Waals surface area contributed by atoms with Crippen molar-refractivity contribution in [2.24, 2.45) is 0 Å². The van der Waals surface area contributed by atoms with E-state index in [4.69, 9.17) is 4.74 Å². The summed E-state index contributed by atoms with van der Waals surface area (Å²) in [5, 5.41) is 0. The predicted octanol–water partition coefficient (Wildman–Crippen LogP) is 4.08. The molecule has 2 aromatic carbocycles. The summed E-state index contributed by atoms with van der Waals surface area (Å²) >= 11 is -0.935. The maximum atomic E-state index is 11.6. The number of benzene rings is 2. The molecule has 0 spiro atoms. The quantitative estimate of drug-likeness (QED) is 0.734. The minimum atomic E-state index is -0.935. The molecule has 1 aliphatic carbocycles. The van der Waals surface area contributed by atoms with Crippen molar-refractivity contribution >= 4 is 28.4 Å². The van der Waals surface area contributed by atoms with E-state index < -0.39 is 11.2 Å². The monoisotopic (exact) mass is 379 g/mol. The van der Waals surface area contributed by atoms with Gasteiger partial charge in [0.25, 0.3) is 0 Å². The lowest BCUT2D eigenvalue weighted by atomic mass is 10.0. The van der Waals surface area contributed by atoms with E-state index in [0.29, 0.717) is 0 Å². The fourth-order valence-corrected chi connectivity index (χ4v) is 4.24. The third-order valence-electron chi connectivity index (χ3n) is 5.25. The zero-order chi connectivity index (χ0) is 18.6. The van der Waals surface area contributed by atoms with Crippen molar-refractivity contribution in [3.63, 3.8) is 0 Å². The van der Waals surface area contributed by atoms with Crippen molar-refractivity contribution in [3.8, 4) is 0 Å². The average molecular weight is 380 g/mol. The third kappa shape index (κ3) is 4.36. The van der Waals surface area contributed by atoms with Crippen LogP contribution in [0.3, 0.4) is 0 Å². The Morgan fingerprint density at radius 2 is 1.74 bits per heavy atom. The van der Waals surface area contributed by atoms with Gasteiger partial charge in [0.1, 0.15) is 6.26 Å². The molecule has 1 unspecified atom stereocenters. The Morgan fingerprint density at radius 3 is 2.44 bits per heavy atom. The molecule has 1 aliphatic heterocycles. The van der Waals surface area contributed by atoms with Crippen LogP contribution >= 0.6 is 0 Å². The summed E-state index contributed by atoms with van der Waals surface area (Å²) in [5.74, 6) is 0. The Bertz CT molecular complexity index is 849. The topological polar surface area (TPSA) is 35.5 Å². The molecule has 1 fully saturated rings. The minimum absolute atomic E-state index is 0.847. The lowest BCUT2D eigenvalue weighted by Gasteiger charge is -2.26. The van der Waals surface area contributed by atoms with E-state index in [1.165, 1.54) is 22.3 Å². The first kappa shape index (κ1) is 18.5. The maximum absolute atomic E-state index is 11.6. The predicted molar refractivity (Wildman–Crippen MR) is 113 cm³/mol. The number of allylic oxidation sites excluding steroid dienone is 2. The first-order valence-electron chi connectivity index (χ1n) is 9.46. The van der Waals surface area contributed by atoms with Crippen molar-refractivity contribution in [1.82, 2.24) is 4.90 Å². The van der Waals surface area contributed by atoms with Crippen LogP contribution in [0, 0.1) is 0 Å². The molecule has 2 aromatic rings. The van der Waals surface area contributed by atoms with Crippen LogP contribution in [0.4, 0.5) is 0 Å². The van der Waals surface area contributed by atoms with E-state index in [2.05, 4.69) is 41.3 Å². The summed E-state index contributed by atoms with van der Waals surface area (Å²) in [6.45, 7) is 4.83. The maximum Gasteiger partial charge on any atom is 0.152 e. The summed E-state index contributed by atoms with van der Waals surface area (Å²) in [4.78, 5) is 3.35. The van der Waals surface area contributed by atoms with Crippen LogP contribution in [0.25, 0.3) is 17.2 Å². The molecular weight excluding hydrogens is 354 g/mol. The minimum Gasteiger partial charge on any atom is -0.612 e. The smallest absolute Gasteiger partial charge is 0.152 e. The van der Waals surface area contributed by atoms with Gasteiger partial charge in [-0.2, -0.15) is 0 Å². The molecule has 0 bridgehead atoms. The molecule has 140 valence electrons. The van der Waals surface area contributed by atoms with Crippen LogP contribution in [0.5, 0.6) is 0 Å². The van der Waals surface area contributed by atoms with E-state index in [0.717, 1.165) is 49.7 Å². The lowest BCUT2D eigenvalue weighted by molar-refractivity contribution is 0.0390. The molecule has 0 radical (unpaired) electrons. The fourth-order valence-electron chi connectivity index (χ4n) is 3.72. The number of fused-ring (bicyclic) bond motifs is 1. The average Bonchev–Trinajstić information content (AvgIpc) is 3.05.